The minimum absolute atomic E-state index is 0.338. The van der Waals surface area contributed by atoms with E-state index in [9.17, 15) is 4.79 Å². The van der Waals surface area contributed by atoms with Crippen molar-refractivity contribution in [3.05, 3.63) is 47.5 Å². The maximum absolute atomic E-state index is 11.9. The van der Waals surface area contributed by atoms with Crippen LogP contribution in [0.4, 0.5) is 5.69 Å². The van der Waals surface area contributed by atoms with E-state index in [1.165, 1.54) is 0 Å². The lowest BCUT2D eigenvalue weighted by molar-refractivity contribution is 0.0526. The summed E-state index contributed by atoms with van der Waals surface area (Å²) in [4.78, 5) is 11.9. The number of nitrogen functional groups attached to an aromatic ring is 1. The number of hydrogen-bond acceptors (Lipinski definition) is 4. The molecular formula is C17H19NO3. The van der Waals surface area contributed by atoms with E-state index < -0.39 is 0 Å². The molecule has 0 amide bonds. The second-order valence-electron chi connectivity index (χ2n) is 4.70. The van der Waals surface area contributed by atoms with Crippen molar-refractivity contribution < 1.29 is 14.3 Å². The Morgan fingerprint density at radius 1 is 1.19 bits per heavy atom. The Labute approximate surface area is 124 Å². The molecule has 0 aliphatic carbocycles. The van der Waals surface area contributed by atoms with Crippen LogP contribution in [0, 0.1) is 6.92 Å². The number of carbonyl (C=O) groups excluding carboxylic acids is 1. The highest BCUT2D eigenvalue weighted by Crippen LogP contribution is 2.31. The van der Waals surface area contributed by atoms with Crippen molar-refractivity contribution in [2.24, 2.45) is 0 Å². The first-order valence-corrected chi connectivity index (χ1v) is 6.78. The molecule has 2 N–H and O–H groups in total. The molecular weight excluding hydrogens is 266 g/mol. The molecule has 2 aromatic rings. The molecule has 0 atom stereocenters. The highest BCUT2D eigenvalue weighted by molar-refractivity contribution is 5.94. The molecule has 0 aliphatic rings. The molecule has 0 fully saturated rings. The molecule has 0 saturated carbocycles. The molecule has 0 radical (unpaired) electrons. The number of nitrogens with two attached hydrogens (primary N) is 1. The Kier molecular flexibility index (Phi) is 4.48. The van der Waals surface area contributed by atoms with Gasteiger partial charge in [-0.3, -0.25) is 0 Å². The third-order valence-corrected chi connectivity index (χ3v) is 3.30. The molecule has 2 aromatic carbocycles. The fourth-order valence-electron chi connectivity index (χ4n) is 2.14. The lowest BCUT2D eigenvalue weighted by atomic mass is 9.97. The highest BCUT2D eigenvalue weighted by Gasteiger charge is 2.13. The minimum Gasteiger partial charge on any atom is -0.497 e. The fraction of sp³-hybridized carbons (Fsp3) is 0.235. The third kappa shape index (κ3) is 3.16. The van der Waals surface area contributed by atoms with Gasteiger partial charge in [0.15, 0.2) is 0 Å². The van der Waals surface area contributed by atoms with Crippen LogP contribution in [0.3, 0.4) is 0 Å². The molecule has 0 saturated heterocycles. The van der Waals surface area contributed by atoms with Gasteiger partial charge in [-0.05, 0) is 49.2 Å². The summed E-state index contributed by atoms with van der Waals surface area (Å²) in [5.74, 6) is 0.436. The summed E-state index contributed by atoms with van der Waals surface area (Å²) < 4.78 is 10.2. The number of benzene rings is 2. The lowest BCUT2D eigenvalue weighted by Gasteiger charge is -2.12. The number of anilines is 1. The van der Waals surface area contributed by atoms with Crippen molar-refractivity contribution in [1.29, 1.82) is 0 Å². The zero-order chi connectivity index (χ0) is 15.4. The second-order valence-corrected chi connectivity index (χ2v) is 4.70. The van der Waals surface area contributed by atoms with Crippen LogP contribution in [0.25, 0.3) is 11.1 Å². The van der Waals surface area contributed by atoms with E-state index in [4.69, 9.17) is 15.2 Å². The normalized spacial score (nSPS) is 10.2. The average molecular weight is 285 g/mol. The van der Waals surface area contributed by atoms with Gasteiger partial charge in [0, 0.05) is 11.3 Å². The van der Waals surface area contributed by atoms with E-state index in [2.05, 4.69) is 0 Å². The molecule has 0 aromatic heterocycles. The minimum atomic E-state index is -0.338. The molecule has 0 bridgehead atoms. The van der Waals surface area contributed by atoms with Gasteiger partial charge >= 0.3 is 5.97 Å². The van der Waals surface area contributed by atoms with E-state index in [-0.39, 0.29) is 5.97 Å². The first-order valence-electron chi connectivity index (χ1n) is 6.78. The Morgan fingerprint density at radius 2 is 1.86 bits per heavy atom. The molecule has 0 aliphatic heterocycles. The van der Waals surface area contributed by atoms with Crippen molar-refractivity contribution in [1.82, 2.24) is 0 Å². The van der Waals surface area contributed by atoms with E-state index in [1.807, 2.05) is 31.2 Å². The Morgan fingerprint density at radius 3 is 2.43 bits per heavy atom. The van der Waals surface area contributed by atoms with Crippen molar-refractivity contribution in [2.75, 3.05) is 19.5 Å². The van der Waals surface area contributed by atoms with Gasteiger partial charge in [0.05, 0.1) is 19.3 Å². The quantitative estimate of drug-likeness (QED) is 0.690. The van der Waals surface area contributed by atoms with Crippen molar-refractivity contribution in [3.63, 3.8) is 0 Å². The van der Waals surface area contributed by atoms with Crippen LogP contribution in [0.1, 0.15) is 22.8 Å². The van der Waals surface area contributed by atoms with Gasteiger partial charge in [-0.15, -0.1) is 0 Å². The van der Waals surface area contributed by atoms with Crippen LogP contribution in [-0.4, -0.2) is 19.7 Å². The van der Waals surface area contributed by atoms with Crippen LogP contribution < -0.4 is 10.5 Å². The first-order chi connectivity index (χ1) is 10.1. The van der Waals surface area contributed by atoms with Gasteiger partial charge in [0.25, 0.3) is 0 Å². The maximum Gasteiger partial charge on any atom is 0.338 e. The SMILES string of the molecule is CCOC(=O)c1cc(C)c(N)c(-c2ccc(OC)cc2)c1. The standard InChI is InChI=1S/C17H19NO3/c1-4-21-17(19)13-9-11(2)16(18)15(10-13)12-5-7-14(20-3)8-6-12/h5-10H,4,18H2,1-3H3. The smallest absolute Gasteiger partial charge is 0.338 e. The van der Waals surface area contributed by atoms with E-state index in [0.717, 1.165) is 22.4 Å². The van der Waals surface area contributed by atoms with Gasteiger partial charge in [-0.1, -0.05) is 12.1 Å². The predicted octanol–water partition coefficient (Wildman–Crippen LogP) is 3.43. The summed E-state index contributed by atoms with van der Waals surface area (Å²) in [5.41, 5.74) is 9.92. The summed E-state index contributed by atoms with van der Waals surface area (Å²) in [5, 5.41) is 0. The van der Waals surface area contributed by atoms with Crippen molar-refractivity contribution in [2.45, 2.75) is 13.8 Å². The van der Waals surface area contributed by atoms with E-state index in [0.29, 0.717) is 17.9 Å². The fourth-order valence-corrected chi connectivity index (χ4v) is 2.14. The summed E-state index contributed by atoms with van der Waals surface area (Å²) in [6, 6.07) is 11.1. The first kappa shape index (κ1) is 14.9. The molecule has 2 rings (SSSR count). The topological polar surface area (TPSA) is 61.5 Å². The molecule has 0 heterocycles. The molecule has 4 heteroatoms. The number of carbonyl (C=O) groups is 1. The summed E-state index contributed by atoms with van der Waals surface area (Å²) in [7, 11) is 1.62. The van der Waals surface area contributed by atoms with Gasteiger partial charge in [0.1, 0.15) is 5.75 Å². The predicted molar refractivity (Wildman–Crippen MR) is 83.5 cm³/mol. The summed E-state index contributed by atoms with van der Waals surface area (Å²) in [6.45, 7) is 4.01. The van der Waals surface area contributed by atoms with Crippen LogP contribution in [0.2, 0.25) is 0 Å². The molecule has 0 unspecified atom stereocenters. The number of methoxy groups -OCH3 is 1. The number of aryl methyl sites for hydroxylation is 1. The monoisotopic (exact) mass is 285 g/mol. The largest absolute Gasteiger partial charge is 0.497 e. The van der Waals surface area contributed by atoms with Crippen molar-refractivity contribution in [3.8, 4) is 16.9 Å². The zero-order valence-electron chi connectivity index (χ0n) is 12.5. The third-order valence-electron chi connectivity index (χ3n) is 3.30. The molecule has 0 spiro atoms. The summed E-state index contributed by atoms with van der Waals surface area (Å²) >= 11 is 0. The number of ether oxygens (including phenoxy) is 2. The number of esters is 1. The second kappa shape index (κ2) is 6.31. The van der Waals surface area contributed by atoms with E-state index in [1.54, 1.807) is 26.2 Å². The van der Waals surface area contributed by atoms with Crippen LogP contribution in [0.5, 0.6) is 5.75 Å². The zero-order valence-corrected chi connectivity index (χ0v) is 12.5. The molecule has 4 nitrogen and oxygen atoms in total. The van der Waals surface area contributed by atoms with Crippen molar-refractivity contribution >= 4 is 11.7 Å². The molecule has 21 heavy (non-hydrogen) atoms. The lowest BCUT2D eigenvalue weighted by Crippen LogP contribution is -2.06. The Hall–Kier alpha value is -2.49. The van der Waals surface area contributed by atoms with Gasteiger partial charge < -0.3 is 15.2 Å². The molecule has 110 valence electrons. The van der Waals surface area contributed by atoms with Crippen LogP contribution in [0.15, 0.2) is 36.4 Å². The van der Waals surface area contributed by atoms with E-state index >= 15 is 0 Å². The average Bonchev–Trinajstić information content (AvgIpc) is 2.50. The van der Waals surface area contributed by atoms with Gasteiger partial charge in [-0.25, -0.2) is 4.79 Å². The number of hydrogen-bond donors (Lipinski definition) is 1. The van der Waals surface area contributed by atoms with Gasteiger partial charge in [-0.2, -0.15) is 0 Å². The highest BCUT2D eigenvalue weighted by atomic mass is 16.5. The van der Waals surface area contributed by atoms with Crippen LogP contribution in [-0.2, 0) is 4.74 Å². The Bertz CT molecular complexity index is 648. The van der Waals surface area contributed by atoms with Crippen LogP contribution >= 0.6 is 0 Å². The number of rotatable bonds is 4. The van der Waals surface area contributed by atoms with Gasteiger partial charge in [0.2, 0.25) is 0 Å². The summed E-state index contributed by atoms with van der Waals surface area (Å²) in [6.07, 6.45) is 0. The maximum atomic E-state index is 11.9. The Balaban J connectivity index is 2.48.